The summed E-state index contributed by atoms with van der Waals surface area (Å²) in [7, 11) is -4.36. The Hall–Kier alpha value is -1.70. The molecule has 0 heterocycles. The topological polar surface area (TPSA) is 104 Å². The first-order valence-electron chi connectivity index (χ1n) is 21.8. The van der Waals surface area contributed by atoms with Crippen molar-refractivity contribution >= 4 is 16.0 Å². The van der Waals surface area contributed by atoms with Crippen LogP contribution in [0.15, 0.2) is 48.6 Å². The Kier molecular flexibility index (Phi) is 37.7. The Morgan fingerprint density at radius 1 is 0.519 bits per heavy atom. The van der Waals surface area contributed by atoms with Crippen molar-refractivity contribution in [1.29, 1.82) is 0 Å². The molecule has 52 heavy (non-hydrogen) atoms. The lowest BCUT2D eigenvalue weighted by Gasteiger charge is -2.21. The highest BCUT2D eigenvalue weighted by molar-refractivity contribution is 7.85. The number of unbranched alkanes of at least 4 members (excludes halogenated alkanes) is 25. The highest BCUT2D eigenvalue weighted by atomic mass is 32.2. The van der Waals surface area contributed by atoms with E-state index in [4.69, 9.17) is 0 Å². The lowest BCUT2D eigenvalue weighted by Crippen LogP contribution is -2.46. The van der Waals surface area contributed by atoms with Gasteiger partial charge in [-0.05, 0) is 64.2 Å². The zero-order valence-electron chi connectivity index (χ0n) is 33.9. The molecule has 6 nitrogen and oxygen atoms in total. The SMILES string of the molecule is CCCCCC/C=C\C/C=C\CCCCCCCC(=O)NC(CS(=O)(=O)O)C(O)/C=C/CC/C=C/CCCCCCCCCCCCCCCCC. The summed E-state index contributed by atoms with van der Waals surface area (Å²) < 4.78 is 32.5. The van der Waals surface area contributed by atoms with Gasteiger partial charge in [0.1, 0.15) is 0 Å². The van der Waals surface area contributed by atoms with E-state index in [1.165, 1.54) is 134 Å². The van der Waals surface area contributed by atoms with Crippen molar-refractivity contribution in [1.82, 2.24) is 5.32 Å². The fourth-order valence-corrected chi connectivity index (χ4v) is 7.17. The van der Waals surface area contributed by atoms with Gasteiger partial charge in [-0.15, -0.1) is 0 Å². The lowest BCUT2D eigenvalue weighted by molar-refractivity contribution is -0.122. The summed E-state index contributed by atoms with van der Waals surface area (Å²) in [4.78, 5) is 12.5. The molecule has 3 N–H and O–H groups in total. The monoisotopic (exact) mass is 750 g/mol. The van der Waals surface area contributed by atoms with Crippen LogP contribution in [-0.2, 0) is 14.9 Å². The maximum Gasteiger partial charge on any atom is 0.267 e. The van der Waals surface area contributed by atoms with Gasteiger partial charge in [0.2, 0.25) is 5.91 Å². The number of rotatable bonds is 39. The molecule has 0 aromatic carbocycles. The molecule has 2 atom stereocenters. The molecular formula is C45H83NO5S. The van der Waals surface area contributed by atoms with Crippen LogP contribution >= 0.6 is 0 Å². The molecule has 0 aliphatic carbocycles. The molecule has 0 spiro atoms. The first kappa shape index (κ1) is 50.3. The van der Waals surface area contributed by atoms with Crippen LogP contribution in [0.4, 0.5) is 0 Å². The van der Waals surface area contributed by atoms with Crippen molar-refractivity contribution in [3.63, 3.8) is 0 Å². The van der Waals surface area contributed by atoms with E-state index in [0.717, 1.165) is 51.4 Å². The number of carbonyl (C=O) groups is 1. The third-order valence-electron chi connectivity index (χ3n) is 9.73. The average molecular weight is 750 g/mol. The molecule has 0 aromatic heterocycles. The van der Waals surface area contributed by atoms with E-state index < -0.39 is 28.0 Å². The van der Waals surface area contributed by atoms with E-state index in [9.17, 15) is 22.9 Å². The molecule has 0 aliphatic rings. The fourth-order valence-electron chi connectivity index (χ4n) is 6.44. The minimum atomic E-state index is -4.36. The van der Waals surface area contributed by atoms with Crippen LogP contribution in [0.25, 0.3) is 0 Å². The van der Waals surface area contributed by atoms with E-state index in [1.807, 2.05) is 6.08 Å². The summed E-state index contributed by atoms with van der Waals surface area (Å²) in [5, 5.41) is 13.2. The molecule has 0 bridgehead atoms. The summed E-state index contributed by atoms with van der Waals surface area (Å²) in [6, 6.07) is -1.08. The molecule has 0 aliphatic heterocycles. The summed E-state index contributed by atoms with van der Waals surface area (Å²) >= 11 is 0. The third-order valence-corrected chi connectivity index (χ3v) is 10.5. The van der Waals surface area contributed by atoms with E-state index in [2.05, 4.69) is 55.6 Å². The van der Waals surface area contributed by atoms with Crippen LogP contribution in [0, 0.1) is 0 Å². The maximum atomic E-state index is 12.5. The lowest BCUT2D eigenvalue weighted by atomic mass is 10.0. The number of nitrogens with one attached hydrogen (secondary N) is 1. The molecule has 0 saturated carbocycles. The Morgan fingerprint density at radius 3 is 1.35 bits per heavy atom. The van der Waals surface area contributed by atoms with Crippen molar-refractivity contribution < 1.29 is 22.9 Å². The van der Waals surface area contributed by atoms with Gasteiger partial charge in [-0.3, -0.25) is 9.35 Å². The van der Waals surface area contributed by atoms with Gasteiger partial charge in [0.25, 0.3) is 10.1 Å². The summed E-state index contributed by atoms with van der Waals surface area (Å²) in [5.74, 6) is -1.02. The van der Waals surface area contributed by atoms with E-state index in [1.54, 1.807) is 0 Å². The summed E-state index contributed by atoms with van der Waals surface area (Å²) in [5.41, 5.74) is 0. The van der Waals surface area contributed by atoms with Gasteiger partial charge in [-0.2, -0.15) is 8.42 Å². The van der Waals surface area contributed by atoms with Gasteiger partial charge < -0.3 is 10.4 Å². The first-order chi connectivity index (χ1) is 25.3. The van der Waals surface area contributed by atoms with Crippen molar-refractivity contribution in [2.45, 2.75) is 225 Å². The second kappa shape index (κ2) is 39.0. The Balaban J connectivity index is 3.95. The van der Waals surface area contributed by atoms with Crippen LogP contribution in [0.5, 0.6) is 0 Å². The highest BCUT2D eigenvalue weighted by Crippen LogP contribution is 2.14. The van der Waals surface area contributed by atoms with Crippen LogP contribution in [0.3, 0.4) is 0 Å². The smallest absolute Gasteiger partial charge is 0.267 e. The van der Waals surface area contributed by atoms with Crippen molar-refractivity contribution in [2.24, 2.45) is 0 Å². The van der Waals surface area contributed by atoms with Crippen molar-refractivity contribution in [3.8, 4) is 0 Å². The van der Waals surface area contributed by atoms with Gasteiger partial charge in [0, 0.05) is 6.42 Å². The maximum absolute atomic E-state index is 12.5. The second-order valence-electron chi connectivity index (χ2n) is 15.0. The summed E-state index contributed by atoms with van der Waals surface area (Å²) in [6.07, 6.45) is 52.5. The predicted octanol–water partition coefficient (Wildman–Crippen LogP) is 13.1. The standard InChI is InChI=1S/C45H83NO5S/c1-3-5-7-9-11-13-15-17-19-21-22-23-24-25-26-28-30-32-34-36-38-40-44(47)43(42-52(49,50)51)46-45(48)41-39-37-35-33-31-29-27-20-18-16-14-12-10-8-6-4-2/h14,16,20,27,30,32,38,40,43-44,47H,3-13,15,17-19,21-26,28-29,31,33-37,39,41-42H2,1-2H3,(H,46,48)(H,49,50,51)/b16-14-,27-20-,32-30+,40-38+. The first-order valence-corrected chi connectivity index (χ1v) is 23.4. The van der Waals surface area contributed by atoms with Crippen LogP contribution in [-0.4, -0.2) is 41.9 Å². The number of hydrogen-bond donors (Lipinski definition) is 3. The number of amides is 1. The van der Waals surface area contributed by atoms with Gasteiger partial charge in [0.15, 0.2) is 0 Å². The molecule has 0 fully saturated rings. The Morgan fingerprint density at radius 2 is 0.885 bits per heavy atom. The molecule has 0 aromatic rings. The Labute approximate surface area is 322 Å². The quantitative estimate of drug-likeness (QED) is 0.0330. The highest BCUT2D eigenvalue weighted by Gasteiger charge is 2.24. The fraction of sp³-hybridized carbons (Fsp3) is 0.800. The van der Waals surface area contributed by atoms with E-state index >= 15 is 0 Å². The van der Waals surface area contributed by atoms with Gasteiger partial charge >= 0.3 is 0 Å². The number of aliphatic hydroxyl groups is 1. The molecule has 1 amide bonds. The second-order valence-corrected chi connectivity index (χ2v) is 16.5. The van der Waals surface area contributed by atoms with Crippen LogP contribution < -0.4 is 5.32 Å². The van der Waals surface area contributed by atoms with Crippen LogP contribution in [0.1, 0.15) is 213 Å². The molecule has 0 rings (SSSR count). The number of allylic oxidation sites excluding steroid dienone is 7. The third kappa shape index (κ3) is 39.5. The number of carbonyl (C=O) groups excluding carboxylic acids is 1. The predicted molar refractivity (Wildman–Crippen MR) is 225 cm³/mol. The molecule has 304 valence electrons. The number of hydrogen-bond acceptors (Lipinski definition) is 4. The molecule has 0 saturated heterocycles. The van der Waals surface area contributed by atoms with E-state index in [-0.39, 0.29) is 12.3 Å². The van der Waals surface area contributed by atoms with Gasteiger partial charge in [0.05, 0.1) is 17.9 Å². The zero-order chi connectivity index (χ0) is 38.2. The van der Waals surface area contributed by atoms with Crippen molar-refractivity contribution in [2.75, 3.05) is 5.75 Å². The van der Waals surface area contributed by atoms with Gasteiger partial charge in [-0.1, -0.05) is 191 Å². The van der Waals surface area contributed by atoms with Gasteiger partial charge in [-0.25, -0.2) is 0 Å². The normalized spacial score (nSPS) is 13.7. The van der Waals surface area contributed by atoms with Crippen LogP contribution in [0.2, 0.25) is 0 Å². The molecular weight excluding hydrogens is 667 g/mol. The Bertz CT molecular complexity index is 1000. The minimum absolute atomic E-state index is 0.271. The molecule has 2 unspecified atom stereocenters. The van der Waals surface area contributed by atoms with Crippen molar-refractivity contribution in [3.05, 3.63) is 48.6 Å². The largest absolute Gasteiger partial charge is 0.387 e. The average Bonchev–Trinajstić information content (AvgIpc) is 3.11. The number of aliphatic hydroxyl groups excluding tert-OH is 1. The molecule has 0 radical (unpaired) electrons. The summed E-state index contributed by atoms with van der Waals surface area (Å²) in [6.45, 7) is 4.51. The van der Waals surface area contributed by atoms with E-state index in [0.29, 0.717) is 12.8 Å². The zero-order valence-corrected chi connectivity index (χ0v) is 34.7. The minimum Gasteiger partial charge on any atom is -0.387 e. The molecule has 7 heteroatoms.